The van der Waals surface area contributed by atoms with E-state index in [0.29, 0.717) is 5.36 Å². The lowest BCUT2D eigenvalue weighted by atomic mass is 10.1. The molecule has 8 nitrogen and oxygen atoms in total. The molecular weight excluding hydrogens is 324 g/mol. The molecule has 1 aliphatic heterocycles. The zero-order valence-electron chi connectivity index (χ0n) is 12.7. The smallest absolute Gasteiger partial charge is 0.267 e. The number of rotatable bonds is 3. The van der Waals surface area contributed by atoms with Gasteiger partial charge in [-0.15, -0.1) is 5.10 Å². The van der Waals surface area contributed by atoms with E-state index >= 15 is 0 Å². The van der Waals surface area contributed by atoms with Crippen molar-refractivity contribution in [2.45, 2.75) is 0 Å². The van der Waals surface area contributed by atoms with Gasteiger partial charge in [0.05, 0.1) is 10.3 Å². The summed E-state index contributed by atoms with van der Waals surface area (Å²) in [7, 11) is 0. The zero-order valence-corrected chi connectivity index (χ0v) is 12.7. The summed E-state index contributed by atoms with van der Waals surface area (Å²) in [6, 6.07) is 12.3. The summed E-state index contributed by atoms with van der Waals surface area (Å²) in [4.78, 5) is 37.8. The highest BCUT2D eigenvalue weighted by atomic mass is 16.6. The number of hydrogen-bond donors (Lipinski definition) is 1. The SMILES string of the molecule is O=C1N=c2ccccc2=CC1=C=NNC(=O)c1cccc([N+](=O)[O-])c1. The average Bonchev–Trinajstić information content (AvgIpc) is 2.62. The van der Waals surface area contributed by atoms with Gasteiger partial charge in [-0.2, -0.15) is 0 Å². The predicted octanol–water partition coefficient (Wildman–Crippen LogP) is 0.476. The van der Waals surface area contributed by atoms with Gasteiger partial charge in [-0.05, 0) is 18.2 Å². The summed E-state index contributed by atoms with van der Waals surface area (Å²) < 4.78 is 0. The summed E-state index contributed by atoms with van der Waals surface area (Å²) in [5.41, 5.74) is 2.13. The van der Waals surface area contributed by atoms with Crippen molar-refractivity contribution in [3.63, 3.8) is 0 Å². The minimum absolute atomic E-state index is 0.0683. The van der Waals surface area contributed by atoms with E-state index in [2.05, 4.69) is 21.4 Å². The monoisotopic (exact) mass is 334 g/mol. The molecule has 1 N–H and O–H groups in total. The molecular formula is C17H10N4O4. The molecule has 0 fully saturated rings. The molecule has 0 aromatic heterocycles. The van der Waals surface area contributed by atoms with Gasteiger partial charge in [-0.3, -0.25) is 19.7 Å². The summed E-state index contributed by atoms with van der Waals surface area (Å²) in [5, 5.41) is 15.6. The van der Waals surface area contributed by atoms with Crippen LogP contribution in [0.25, 0.3) is 6.08 Å². The normalized spacial score (nSPS) is 12.2. The van der Waals surface area contributed by atoms with Gasteiger partial charge in [0, 0.05) is 28.8 Å². The van der Waals surface area contributed by atoms with Gasteiger partial charge in [0.1, 0.15) is 5.57 Å². The van der Waals surface area contributed by atoms with Crippen LogP contribution in [0.3, 0.4) is 0 Å². The second-order valence-corrected chi connectivity index (χ2v) is 5.01. The van der Waals surface area contributed by atoms with Gasteiger partial charge in [0.2, 0.25) is 0 Å². The lowest BCUT2D eigenvalue weighted by molar-refractivity contribution is -0.384. The van der Waals surface area contributed by atoms with E-state index in [4.69, 9.17) is 0 Å². The van der Waals surface area contributed by atoms with Crippen LogP contribution in [0.4, 0.5) is 5.69 Å². The molecule has 8 heteroatoms. The molecule has 0 atom stereocenters. The molecule has 122 valence electrons. The second kappa shape index (κ2) is 6.69. The van der Waals surface area contributed by atoms with Crippen molar-refractivity contribution in [2.24, 2.45) is 10.1 Å². The molecule has 0 bridgehead atoms. The number of benzene rings is 2. The number of hydrazone groups is 1. The van der Waals surface area contributed by atoms with Crippen molar-refractivity contribution in [1.29, 1.82) is 0 Å². The van der Waals surface area contributed by atoms with Crippen LogP contribution in [-0.2, 0) is 4.79 Å². The molecule has 0 radical (unpaired) electrons. The van der Waals surface area contributed by atoms with E-state index in [1.807, 2.05) is 0 Å². The molecule has 3 rings (SSSR count). The molecule has 0 saturated heterocycles. The fraction of sp³-hybridized carbons (Fsp3) is 0. The highest BCUT2D eigenvalue weighted by molar-refractivity contribution is 6.10. The number of nitrogens with zero attached hydrogens (tertiary/aromatic N) is 3. The van der Waals surface area contributed by atoms with Gasteiger partial charge >= 0.3 is 0 Å². The van der Waals surface area contributed by atoms with Crippen molar-refractivity contribution >= 4 is 29.4 Å². The molecule has 25 heavy (non-hydrogen) atoms. The van der Waals surface area contributed by atoms with E-state index in [-0.39, 0.29) is 16.8 Å². The number of carbonyl (C=O) groups is 2. The predicted molar refractivity (Wildman–Crippen MR) is 88.2 cm³/mol. The number of nitro groups is 1. The summed E-state index contributed by atoms with van der Waals surface area (Å²) in [5.74, 6) is 1.25. The maximum absolute atomic E-state index is 11.9. The highest BCUT2D eigenvalue weighted by Crippen LogP contribution is 2.12. The minimum Gasteiger partial charge on any atom is -0.267 e. The van der Waals surface area contributed by atoms with Crippen LogP contribution in [0, 0.1) is 10.1 Å². The van der Waals surface area contributed by atoms with Crippen molar-refractivity contribution in [2.75, 3.05) is 0 Å². The summed E-state index contributed by atoms with van der Waals surface area (Å²) >= 11 is 0. The number of para-hydroxylation sites is 1. The van der Waals surface area contributed by atoms with Crippen molar-refractivity contribution in [1.82, 2.24) is 5.43 Å². The lowest BCUT2D eigenvalue weighted by Crippen LogP contribution is -2.30. The Morgan fingerprint density at radius 3 is 2.80 bits per heavy atom. The fourth-order valence-corrected chi connectivity index (χ4v) is 2.14. The van der Waals surface area contributed by atoms with Crippen LogP contribution < -0.4 is 16.0 Å². The van der Waals surface area contributed by atoms with Gasteiger partial charge in [-0.1, -0.05) is 24.3 Å². The van der Waals surface area contributed by atoms with Crippen molar-refractivity contribution in [3.8, 4) is 0 Å². The molecule has 2 amide bonds. The number of nitro benzene ring substituents is 1. The first-order valence-corrected chi connectivity index (χ1v) is 7.12. The number of carbonyl (C=O) groups excluding carboxylic acids is 2. The van der Waals surface area contributed by atoms with E-state index in [1.54, 1.807) is 30.3 Å². The standard InChI is InChI=1S/C17H10N4O4/c22-16-13(8-11-4-1-2-7-15(11)19-16)10-18-20-17(23)12-5-3-6-14(9-12)21(24)25/h1-9H,(H,20,23). The molecule has 2 aromatic carbocycles. The van der Waals surface area contributed by atoms with Crippen molar-refractivity contribution in [3.05, 3.63) is 80.4 Å². The van der Waals surface area contributed by atoms with Crippen LogP contribution in [-0.4, -0.2) is 22.6 Å². The van der Waals surface area contributed by atoms with Crippen molar-refractivity contribution < 1.29 is 14.5 Å². The highest BCUT2D eigenvalue weighted by Gasteiger charge is 2.12. The maximum Gasteiger partial charge on any atom is 0.287 e. The first-order valence-electron chi connectivity index (χ1n) is 7.12. The number of nitrogens with one attached hydrogen (secondary N) is 1. The second-order valence-electron chi connectivity index (χ2n) is 5.01. The van der Waals surface area contributed by atoms with Crippen LogP contribution in [0.2, 0.25) is 0 Å². The Bertz CT molecular complexity index is 1080. The number of hydrogen-bond acceptors (Lipinski definition) is 5. The van der Waals surface area contributed by atoms with Gasteiger partial charge in [0.15, 0.2) is 0 Å². The summed E-state index contributed by atoms with van der Waals surface area (Å²) in [6.07, 6.45) is 1.56. The van der Waals surface area contributed by atoms with E-state index < -0.39 is 16.7 Å². The summed E-state index contributed by atoms with van der Waals surface area (Å²) in [6.45, 7) is 0. The van der Waals surface area contributed by atoms with Gasteiger partial charge < -0.3 is 0 Å². The van der Waals surface area contributed by atoms with Crippen LogP contribution in [0.5, 0.6) is 0 Å². The molecule has 0 aliphatic carbocycles. The largest absolute Gasteiger partial charge is 0.287 e. The Labute approximate surface area is 140 Å². The Balaban J connectivity index is 1.83. The van der Waals surface area contributed by atoms with Crippen LogP contribution in [0.15, 0.2) is 64.2 Å². The maximum atomic E-state index is 11.9. The fourth-order valence-electron chi connectivity index (χ4n) is 2.14. The van der Waals surface area contributed by atoms with Gasteiger partial charge in [-0.25, -0.2) is 10.4 Å². The van der Waals surface area contributed by atoms with E-state index in [1.165, 1.54) is 18.2 Å². The van der Waals surface area contributed by atoms with Crippen LogP contribution >= 0.6 is 0 Å². The van der Waals surface area contributed by atoms with E-state index in [0.717, 1.165) is 11.3 Å². The zero-order chi connectivity index (χ0) is 17.8. The Kier molecular flexibility index (Phi) is 4.28. The number of fused-ring (bicyclic) bond motifs is 1. The molecule has 0 unspecified atom stereocenters. The minimum atomic E-state index is -0.655. The third-order valence-electron chi connectivity index (χ3n) is 3.34. The van der Waals surface area contributed by atoms with E-state index in [9.17, 15) is 19.7 Å². The number of non-ortho nitro benzene ring substituents is 1. The quantitative estimate of drug-likeness (QED) is 0.380. The first-order chi connectivity index (χ1) is 12.0. The number of amides is 2. The van der Waals surface area contributed by atoms with Gasteiger partial charge in [0.25, 0.3) is 17.5 Å². The lowest BCUT2D eigenvalue weighted by Gasteiger charge is -2.00. The molecule has 1 aliphatic rings. The third-order valence-corrected chi connectivity index (χ3v) is 3.34. The topological polar surface area (TPSA) is 114 Å². The molecule has 1 heterocycles. The third kappa shape index (κ3) is 3.54. The van der Waals surface area contributed by atoms with Crippen LogP contribution in [0.1, 0.15) is 10.4 Å². The molecule has 0 saturated carbocycles. The average molecular weight is 334 g/mol. The Morgan fingerprint density at radius 1 is 1.20 bits per heavy atom. The molecule has 0 spiro atoms. The first kappa shape index (κ1) is 16.0. The Hall–Kier alpha value is -3.90. The molecule has 2 aromatic rings. The Morgan fingerprint density at radius 2 is 2.00 bits per heavy atom.